The Labute approximate surface area is 187 Å². The first-order valence-corrected chi connectivity index (χ1v) is 10.9. The quantitative estimate of drug-likeness (QED) is 0.502. The molecule has 1 aliphatic heterocycles. The number of para-hydroxylation sites is 1. The lowest BCUT2D eigenvalue weighted by Gasteiger charge is -2.25. The van der Waals surface area contributed by atoms with E-state index in [2.05, 4.69) is 10.1 Å². The molecule has 32 heavy (non-hydrogen) atoms. The number of aryl methyl sites for hydroxylation is 1. The molecule has 168 valence electrons. The molecule has 8 nitrogen and oxygen atoms in total. The Morgan fingerprint density at radius 2 is 1.91 bits per heavy atom. The average molecular weight is 437 g/mol. The summed E-state index contributed by atoms with van der Waals surface area (Å²) in [5.74, 6) is 3.19. The molecule has 0 saturated heterocycles. The highest BCUT2D eigenvalue weighted by molar-refractivity contribution is 5.76. The van der Waals surface area contributed by atoms with Crippen LogP contribution in [0.3, 0.4) is 0 Å². The lowest BCUT2D eigenvalue weighted by atomic mass is 10.1. The highest BCUT2D eigenvalue weighted by atomic mass is 16.6. The van der Waals surface area contributed by atoms with Crippen LogP contribution in [0.4, 0.5) is 0 Å². The topological polar surface area (TPSA) is 86.9 Å². The number of fused-ring (bicyclic) bond motifs is 1. The van der Waals surface area contributed by atoms with Gasteiger partial charge >= 0.3 is 0 Å². The summed E-state index contributed by atoms with van der Waals surface area (Å²) in [5.41, 5.74) is 1.77. The molecule has 0 aliphatic carbocycles. The molecular weight excluding hydrogens is 410 g/mol. The van der Waals surface area contributed by atoms with Crippen molar-refractivity contribution in [2.45, 2.75) is 33.2 Å². The summed E-state index contributed by atoms with van der Waals surface area (Å²) < 4.78 is 22.2. The number of ether oxygens (including phenoxy) is 3. The SMILES string of the molecule is CCOc1ccc(-c2noc(CCC(=O)N(CC)Cc3cccc4c3OCCO4)n2)cc1. The number of carbonyl (C=O) groups is 1. The normalized spacial score (nSPS) is 12.4. The van der Waals surface area contributed by atoms with E-state index in [1.165, 1.54) is 0 Å². The van der Waals surface area contributed by atoms with E-state index in [0.717, 1.165) is 28.4 Å². The van der Waals surface area contributed by atoms with Crippen molar-refractivity contribution in [3.63, 3.8) is 0 Å². The third-order valence-corrected chi connectivity index (χ3v) is 5.19. The van der Waals surface area contributed by atoms with Gasteiger partial charge in [0.15, 0.2) is 11.5 Å². The Hall–Kier alpha value is -3.55. The van der Waals surface area contributed by atoms with E-state index >= 15 is 0 Å². The van der Waals surface area contributed by atoms with Crippen LogP contribution < -0.4 is 14.2 Å². The van der Waals surface area contributed by atoms with Crippen LogP contribution in [0.1, 0.15) is 31.7 Å². The highest BCUT2D eigenvalue weighted by Crippen LogP contribution is 2.34. The van der Waals surface area contributed by atoms with Gasteiger partial charge in [-0.05, 0) is 44.2 Å². The van der Waals surface area contributed by atoms with Gasteiger partial charge in [0.05, 0.1) is 6.61 Å². The van der Waals surface area contributed by atoms with Crippen LogP contribution in [0.15, 0.2) is 47.0 Å². The molecule has 0 fully saturated rings. The molecule has 0 N–H and O–H groups in total. The Balaban J connectivity index is 1.36. The number of nitrogens with zero attached hydrogens (tertiary/aromatic N) is 3. The van der Waals surface area contributed by atoms with Crippen LogP contribution in [0.25, 0.3) is 11.4 Å². The summed E-state index contributed by atoms with van der Waals surface area (Å²) in [4.78, 5) is 19.1. The summed E-state index contributed by atoms with van der Waals surface area (Å²) in [7, 11) is 0. The molecular formula is C24H27N3O5. The number of hydrogen-bond acceptors (Lipinski definition) is 7. The van der Waals surface area contributed by atoms with E-state index in [1.54, 1.807) is 4.90 Å². The average Bonchev–Trinajstić information content (AvgIpc) is 3.31. The van der Waals surface area contributed by atoms with Crippen molar-refractivity contribution in [2.75, 3.05) is 26.4 Å². The molecule has 0 spiro atoms. The van der Waals surface area contributed by atoms with Crippen LogP contribution in [0.2, 0.25) is 0 Å². The maximum atomic E-state index is 12.8. The number of benzene rings is 2. The molecule has 1 aliphatic rings. The van der Waals surface area contributed by atoms with Crippen molar-refractivity contribution >= 4 is 5.91 Å². The predicted molar refractivity (Wildman–Crippen MR) is 118 cm³/mol. The lowest BCUT2D eigenvalue weighted by Crippen LogP contribution is -2.31. The van der Waals surface area contributed by atoms with Crippen molar-refractivity contribution in [3.8, 4) is 28.6 Å². The second kappa shape index (κ2) is 10.2. The van der Waals surface area contributed by atoms with Gasteiger partial charge in [0.2, 0.25) is 17.6 Å². The molecule has 1 amide bonds. The van der Waals surface area contributed by atoms with Gasteiger partial charge in [0.1, 0.15) is 19.0 Å². The number of amides is 1. The van der Waals surface area contributed by atoms with Crippen LogP contribution in [-0.4, -0.2) is 47.3 Å². The maximum absolute atomic E-state index is 12.8. The summed E-state index contributed by atoms with van der Waals surface area (Å²) in [6.07, 6.45) is 0.664. The van der Waals surface area contributed by atoms with E-state index < -0.39 is 0 Å². The van der Waals surface area contributed by atoms with Gasteiger partial charge in [-0.25, -0.2) is 0 Å². The molecule has 2 aromatic carbocycles. The second-order valence-corrected chi connectivity index (χ2v) is 7.32. The Morgan fingerprint density at radius 1 is 1.09 bits per heavy atom. The van der Waals surface area contributed by atoms with Crippen LogP contribution in [0, 0.1) is 0 Å². The standard InChI is InChI=1S/C24H27N3O5/c1-3-27(16-18-6-5-7-20-23(18)31-15-14-30-20)22(28)13-12-21-25-24(26-32-21)17-8-10-19(11-9-17)29-4-2/h5-11H,3-4,12-16H2,1-2H3. The molecule has 2 heterocycles. The van der Waals surface area contributed by atoms with E-state index in [0.29, 0.717) is 51.0 Å². The molecule has 0 saturated carbocycles. The summed E-state index contributed by atoms with van der Waals surface area (Å²) in [6.45, 7) is 6.61. The smallest absolute Gasteiger partial charge is 0.227 e. The Kier molecular flexibility index (Phi) is 6.89. The van der Waals surface area contributed by atoms with Crippen LogP contribution in [-0.2, 0) is 17.8 Å². The van der Waals surface area contributed by atoms with Gasteiger partial charge in [-0.1, -0.05) is 17.3 Å². The molecule has 4 rings (SSSR count). The predicted octanol–water partition coefficient (Wildman–Crippen LogP) is 3.89. The zero-order valence-corrected chi connectivity index (χ0v) is 18.4. The van der Waals surface area contributed by atoms with Crippen molar-refractivity contribution in [3.05, 3.63) is 53.9 Å². The van der Waals surface area contributed by atoms with Gasteiger partial charge in [-0.3, -0.25) is 4.79 Å². The minimum absolute atomic E-state index is 0.0163. The number of aromatic nitrogens is 2. The summed E-state index contributed by atoms with van der Waals surface area (Å²) >= 11 is 0. The van der Waals surface area contributed by atoms with Crippen molar-refractivity contribution in [2.24, 2.45) is 0 Å². The summed E-state index contributed by atoms with van der Waals surface area (Å²) in [5, 5.41) is 4.04. The first-order chi connectivity index (χ1) is 15.7. The monoisotopic (exact) mass is 437 g/mol. The minimum atomic E-state index is 0.0163. The fourth-order valence-corrected chi connectivity index (χ4v) is 3.55. The zero-order valence-electron chi connectivity index (χ0n) is 18.4. The maximum Gasteiger partial charge on any atom is 0.227 e. The van der Waals surface area contributed by atoms with Gasteiger partial charge in [0, 0.05) is 37.1 Å². The number of carbonyl (C=O) groups excluding carboxylic acids is 1. The van der Waals surface area contributed by atoms with Crippen molar-refractivity contribution in [1.82, 2.24) is 15.0 Å². The molecule has 3 aromatic rings. The molecule has 0 bridgehead atoms. The van der Waals surface area contributed by atoms with E-state index in [4.69, 9.17) is 18.7 Å². The summed E-state index contributed by atoms with van der Waals surface area (Å²) in [6, 6.07) is 13.3. The second-order valence-electron chi connectivity index (χ2n) is 7.32. The molecule has 8 heteroatoms. The fourth-order valence-electron chi connectivity index (χ4n) is 3.55. The van der Waals surface area contributed by atoms with Gasteiger partial charge in [-0.2, -0.15) is 4.98 Å². The van der Waals surface area contributed by atoms with Gasteiger partial charge in [0.25, 0.3) is 0 Å². The minimum Gasteiger partial charge on any atom is -0.494 e. The van der Waals surface area contributed by atoms with Crippen LogP contribution in [0.5, 0.6) is 17.2 Å². The van der Waals surface area contributed by atoms with Crippen molar-refractivity contribution < 1.29 is 23.5 Å². The fraction of sp³-hybridized carbons (Fsp3) is 0.375. The van der Waals surface area contributed by atoms with Crippen molar-refractivity contribution in [1.29, 1.82) is 0 Å². The van der Waals surface area contributed by atoms with E-state index in [9.17, 15) is 4.79 Å². The highest BCUT2D eigenvalue weighted by Gasteiger charge is 2.20. The molecule has 1 aromatic heterocycles. The first-order valence-electron chi connectivity index (χ1n) is 10.9. The van der Waals surface area contributed by atoms with Gasteiger partial charge in [-0.15, -0.1) is 0 Å². The Morgan fingerprint density at radius 3 is 2.69 bits per heavy atom. The number of rotatable bonds is 9. The molecule has 0 atom stereocenters. The largest absolute Gasteiger partial charge is 0.494 e. The molecule has 0 radical (unpaired) electrons. The van der Waals surface area contributed by atoms with E-state index in [1.807, 2.05) is 56.3 Å². The third kappa shape index (κ3) is 5.01. The first kappa shape index (κ1) is 21.7. The van der Waals surface area contributed by atoms with Crippen LogP contribution >= 0.6 is 0 Å². The lowest BCUT2D eigenvalue weighted by molar-refractivity contribution is -0.131. The zero-order chi connectivity index (χ0) is 22.3. The number of hydrogen-bond donors (Lipinski definition) is 0. The third-order valence-electron chi connectivity index (χ3n) is 5.19. The Bertz CT molecular complexity index is 1050. The molecule has 0 unspecified atom stereocenters. The van der Waals surface area contributed by atoms with E-state index in [-0.39, 0.29) is 12.3 Å². The van der Waals surface area contributed by atoms with Gasteiger partial charge < -0.3 is 23.6 Å².